The molecule has 8 aliphatic rings. The first-order valence-electron chi connectivity index (χ1n) is 21.8. The van der Waals surface area contributed by atoms with E-state index in [4.69, 9.17) is 56.8 Å². The number of esters is 2. The normalized spacial score (nSPS) is 44.4. The Morgan fingerprint density at radius 2 is 1.68 bits per heavy atom. The fourth-order valence-corrected chi connectivity index (χ4v) is 12.3. The van der Waals surface area contributed by atoms with Crippen molar-refractivity contribution in [1.29, 1.82) is 0 Å². The second kappa shape index (κ2) is 14.2. The van der Waals surface area contributed by atoms with Gasteiger partial charge in [0.05, 0.1) is 48.9 Å². The highest BCUT2D eigenvalue weighted by Gasteiger charge is 3.07. The van der Waals surface area contributed by atoms with Gasteiger partial charge in [0.25, 0.3) is 5.79 Å². The Hall–Kier alpha value is -4.06. The zero-order valence-electron chi connectivity index (χ0n) is 37.6. The molecule has 0 aromatic heterocycles. The van der Waals surface area contributed by atoms with Gasteiger partial charge in [0.1, 0.15) is 47.3 Å². The van der Waals surface area contributed by atoms with E-state index >= 15 is 0 Å². The van der Waals surface area contributed by atoms with Gasteiger partial charge in [-0.2, -0.15) is 0 Å². The number of ether oxygens (including phenoxy) is 12. The molecule has 12 unspecified atom stereocenters. The van der Waals surface area contributed by atoms with Crippen molar-refractivity contribution in [2.24, 2.45) is 0 Å². The lowest BCUT2D eigenvalue weighted by Crippen LogP contribution is -2.69. The molecule has 2 aliphatic carbocycles. The van der Waals surface area contributed by atoms with Crippen LogP contribution in [0.15, 0.2) is 6.07 Å². The van der Waals surface area contributed by atoms with Crippen LogP contribution in [0.5, 0.6) is 17.2 Å². The molecule has 6 aliphatic heterocycles. The number of methoxy groups -OCH3 is 2. The van der Waals surface area contributed by atoms with Crippen LogP contribution in [0.3, 0.4) is 0 Å². The van der Waals surface area contributed by atoms with Crippen LogP contribution in [-0.4, -0.2) is 154 Å². The number of aryl methyl sites for hydroxylation is 1. The molecule has 1 saturated carbocycles. The van der Waals surface area contributed by atoms with Gasteiger partial charge in [-0.15, -0.1) is 0 Å². The lowest BCUT2D eigenvalue weighted by Gasteiger charge is -2.49. The topological polar surface area (TPSA) is 267 Å². The number of ketones is 2. The molecule has 6 fully saturated rings. The van der Waals surface area contributed by atoms with Crippen molar-refractivity contribution in [3.8, 4) is 17.2 Å². The zero-order chi connectivity index (χ0) is 46.9. The van der Waals surface area contributed by atoms with E-state index in [-0.39, 0.29) is 53.9 Å². The standard InChI is InChI=1S/C45H54O20/c1-16-11-23-30(35(51)32-31(36(23)55-10)25(12-24(49)34(32)50)61-28-14-40(8,52)38(17(2)57-28)60-22(7)48)37-29(16)33-39-45(63-37,41(15-56-41)43(33)44(64-39,65-43)20(5)54-9)62-27-13-26(59-21(6)47)42(53,18(3)46)19(4)58-27/h11,17,19-20,24-28,33,38-39,49,51-53H,12-15H2,1-10H3/t17?,19?,20-,24-,25-,26?,27?,28?,33?,38?,39?,40?,41+,42?,43?,44?,45+/m0/s1. The van der Waals surface area contributed by atoms with Gasteiger partial charge in [0.2, 0.25) is 5.79 Å². The number of phenolic OH excluding ortho intramolecular Hbond substituents is 1. The van der Waals surface area contributed by atoms with Crippen molar-refractivity contribution in [2.45, 2.75) is 176 Å². The Morgan fingerprint density at radius 1 is 0.985 bits per heavy atom. The molecular formula is C45H54O20. The van der Waals surface area contributed by atoms with Crippen LogP contribution in [0.1, 0.15) is 107 Å². The van der Waals surface area contributed by atoms with Gasteiger partial charge in [0.15, 0.2) is 47.1 Å². The lowest BCUT2D eigenvalue weighted by atomic mass is 9.77. The van der Waals surface area contributed by atoms with Gasteiger partial charge in [-0.25, -0.2) is 0 Å². The van der Waals surface area contributed by atoms with Crippen LogP contribution in [0.4, 0.5) is 0 Å². The van der Waals surface area contributed by atoms with Gasteiger partial charge >= 0.3 is 11.9 Å². The molecule has 4 bridgehead atoms. The summed E-state index contributed by atoms with van der Waals surface area (Å²) in [7, 11) is 2.91. The number of hydrogen-bond acceptors (Lipinski definition) is 20. The molecule has 10 rings (SSSR count). The van der Waals surface area contributed by atoms with Crippen molar-refractivity contribution in [1.82, 2.24) is 0 Å². The lowest BCUT2D eigenvalue weighted by molar-refractivity contribution is -0.374. The van der Waals surface area contributed by atoms with Crippen molar-refractivity contribution in [2.75, 3.05) is 20.8 Å². The molecule has 65 heavy (non-hydrogen) atoms. The van der Waals surface area contributed by atoms with E-state index in [2.05, 4.69) is 0 Å². The first-order chi connectivity index (χ1) is 30.5. The minimum Gasteiger partial charge on any atom is -0.506 e. The van der Waals surface area contributed by atoms with Gasteiger partial charge in [-0.05, 0) is 53.2 Å². The molecule has 2 aromatic carbocycles. The first-order valence-corrected chi connectivity index (χ1v) is 21.8. The third kappa shape index (κ3) is 5.58. The molecule has 0 amide bonds. The van der Waals surface area contributed by atoms with E-state index in [1.807, 2.05) is 6.92 Å². The van der Waals surface area contributed by atoms with E-state index in [1.165, 1.54) is 41.9 Å². The van der Waals surface area contributed by atoms with E-state index in [1.54, 1.807) is 19.9 Å². The number of fused-ring (bicyclic) bond motifs is 5. The summed E-state index contributed by atoms with van der Waals surface area (Å²) in [4.78, 5) is 51.3. The SMILES string of the molecule is COc1c2c(c(O)c3c4c(c(C)cc13)C1C3OC5([C@H](C)OC)OC15[C@]1(CO1)[C@]3(OC1CC(OC(C)=O)C(O)(C(C)=O)C(C)O1)O4)C(=O)[C@@H](O)C[C@@H]2OC1CC(C)(O)C(OC(C)=O)C(C)O1. The molecule has 5 saturated heterocycles. The molecular weight excluding hydrogens is 860 g/mol. The van der Waals surface area contributed by atoms with Crippen LogP contribution in [0.2, 0.25) is 0 Å². The maximum atomic E-state index is 14.2. The van der Waals surface area contributed by atoms with Crippen molar-refractivity contribution in [3.63, 3.8) is 0 Å². The minimum absolute atomic E-state index is 0.0241. The summed E-state index contributed by atoms with van der Waals surface area (Å²) in [5.41, 5.74) is -5.50. The first kappa shape index (κ1) is 44.8. The molecule has 0 radical (unpaired) electrons. The Bertz CT molecular complexity index is 2430. The molecule has 20 nitrogen and oxygen atoms in total. The predicted octanol–water partition coefficient (Wildman–Crippen LogP) is 1.94. The summed E-state index contributed by atoms with van der Waals surface area (Å²) in [5, 5.41) is 47.2. The Morgan fingerprint density at radius 3 is 2.28 bits per heavy atom. The second-order valence-electron chi connectivity index (χ2n) is 19.0. The summed E-state index contributed by atoms with van der Waals surface area (Å²) >= 11 is 0. The summed E-state index contributed by atoms with van der Waals surface area (Å²) in [6.07, 6.45) is -12.1. The van der Waals surface area contributed by atoms with Crippen LogP contribution in [0.25, 0.3) is 10.8 Å². The largest absolute Gasteiger partial charge is 0.506 e. The molecule has 354 valence electrons. The molecule has 6 heterocycles. The Balaban J connectivity index is 1.12. The summed E-state index contributed by atoms with van der Waals surface area (Å²) < 4.78 is 75.7. The molecule has 17 atom stereocenters. The van der Waals surface area contributed by atoms with E-state index in [0.29, 0.717) is 16.5 Å². The van der Waals surface area contributed by atoms with E-state index in [9.17, 15) is 39.6 Å². The number of epoxide rings is 2. The monoisotopic (exact) mass is 914 g/mol. The third-order valence-electron chi connectivity index (χ3n) is 15.2. The number of benzene rings is 2. The average Bonchev–Trinajstić information content (AvgIpc) is 4.13. The zero-order valence-corrected chi connectivity index (χ0v) is 37.6. The van der Waals surface area contributed by atoms with Crippen LogP contribution in [0, 0.1) is 6.92 Å². The van der Waals surface area contributed by atoms with E-state index in [0.717, 1.165) is 6.92 Å². The fourth-order valence-electron chi connectivity index (χ4n) is 12.3. The Labute approximate surface area is 372 Å². The van der Waals surface area contributed by atoms with Gasteiger partial charge < -0.3 is 77.3 Å². The van der Waals surface area contributed by atoms with Crippen molar-refractivity contribution < 1.29 is 96.4 Å². The van der Waals surface area contributed by atoms with Crippen LogP contribution in [-0.2, 0) is 61.8 Å². The van der Waals surface area contributed by atoms with Gasteiger partial charge in [-0.1, -0.05) is 0 Å². The van der Waals surface area contributed by atoms with Crippen LogP contribution >= 0.6 is 0 Å². The summed E-state index contributed by atoms with van der Waals surface area (Å²) in [6.45, 7) is 11.8. The molecule has 4 N–H and O–H groups in total. The number of carbonyl (C=O) groups is 4. The number of phenols is 1. The number of aliphatic hydroxyl groups is 3. The number of carbonyl (C=O) groups excluding carboxylic acids is 4. The highest BCUT2D eigenvalue weighted by molar-refractivity contribution is 6.13. The fraction of sp³-hybridized carbons (Fsp3) is 0.689. The summed E-state index contributed by atoms with van der Waals surface area (Å²) in [5.74, 6) is -7.25. The maximum Gasteiger partial charge on any atom is 0.303 e. The number of aromatic hydroxyl groups is 1. The molecule has 2 spiro atoms. The predicted molar refractivity (Wildman–Crippen MR) is 215 cm³/mol. The van der Waals surface area contributed by atoms with Crippen molar-refractivity contribution in [3.05, 3.63) is 28.3 Å². The minimum atomic E-state index is -2.22. The average molecular weight is 915 g/mol. The quantitative estimate of drug-likeness (QED) is 0.196. The number of hydrogen-bond donors (Lipinski definition) is 4. The van der Waals surface area contributed by atoms with E-state index < -0.39 is 131 Å². The molecule has 2 aromatic rings. The highest BCUT2D eigenvalue weighted by atomic mass is 16.9. The number of rotatable bonds is 10. The molecule has 20 heteroatoms. The van der Waals surface area contributed by atoms with Crippen LogP contribution < -0.4 is 9.47 Å². The second-order valence-corrected chi connectivity index (χ2v) is 19.0. The third-order valence-corrected chi connectivity index (χ3v) is 15.2. The Kier molecular flexibility index (Phi) is 9.80. The number of aliphatic hydroxyl groups excluding tert-OH is 1. The summed E-state index contributed by atoms with van der Waals surface area (Å²) in [6, 6.07) is 1.78. The number of Topliss-reactive ketones (excluding diaryl/α,β-unsaturated/α-hetero) is 2. The maximum absolute atomic E-state index is 14.2. The van der Waals surface area contributed by atoms with Crippen molar-refractivity contribution >= 4 is 34.3 Å². The van der Waals surface area contributed by atoms with Gasteiger partial charge in [-0.3, -0.25) is 19.2 Å². The smallest absolute Gasteiger partial charge is 0.303 e. The van der Waals surface area contributed by atoms with Gasteiger partial charge in [0, 0.05) is 56.7 Å². The highest BCUT2D eigenvalue weighted by Crippen LogP contribution is 2.85.